The molecule has 0 unspecified atom stereocenters. The normalized spacial score (nSPS) is 37.3. The third kappa shape index (κ3) is 5.56. The number of carbonyl (C=O) groups excluding carboxylic acids is 2. The second-order valence-electron chi connectivity index (χ2n) is 13.2. The minimum atomic E-state index is -0.214. The van der Waals surface area contributed by atoms with Crippen molar-refractivity contribution in [1.29, 1.82) is 0 Å². The highest BCUT2D eigenvalue weighted by Crippen LogP contribution is 2.66. The summed E-state index contributed by atoms with van der Waals surface area (Å²) in [5, 5.41) is 3.30. The van der Waals surface area contributed by atoms with E-state index >= 15 is 0 Å². The molecule has 0 heterocycles. The lowest BCUT2D eigenvalue weighted by atomic mass is 9.45. The molecule has 5 nitrogen and oxygen atoms in total. The predicted molar refractivity (Wildman–Crippen MR) is 159 cm³/mol. The van der Waals surface area contributed by atoms with Gasteiger partial charge in [0.25, 0.3) is 0 Å². The summed E-state index contributed by atoms with van der Waals surface area (Å²) in [7, 11) is 0. The fourth-order valence-electron chi connectivity index (χ4n) is 9.41. The largest absolute Gasteiger partial charge is 0.459 e. The van der Waals surface area contributed by atoms with Gasteiger partial charge < -0.3 is 15.0 Å². The van der Waals surface area contributed by atoms with Crippen LogP contribution in [0.25, 0.3) is 0 Å². The summed E-state index contributed by atoms with van der Waals surface area (Å²) in [5.74, 6) is 3.80. The first kappa shape index (κ1) is 29.0. The van der Waals surface area contributed by atoms with Crippen LogP contribution in [0.15, 0.2) is 24.3 Å². The Bertz CT molecular complexity index is 1030. The Morgan fingerprint density at radius 2 is 1.59 bits per heavy atom. The van der Waals surface area contributed by atoms with Crippen molar-refractivity contribution in [1.82, 2.24) is 5.32 Å². The van der Waals surface area contributed by atoms with Gasteiger partial charge in [-0.05, 0) is 117 Å². The zero-order chi connectivity index (χ0) is 27.8. The molecule has 4 aliphatic carbocycles. The van der Waals surface area contributed by atoms with Crippen LogP contribution in [0.4, 0.5) is 5.69 Å². The van der Waals surface area contributed by atoms with Gasteiger partial charge in [0.15, 0.2) is 0 Å². The predicted octanol–water partition coefficient (Wildman–Crippen LogP) is 7.04. The average Bonchev–Trinajstić information content (AvgIpc) is 3.24. The van der Waals surface area contributed by atoms with Crippen LogP contribution in [0.2, 0.25) is 0 Å². The SMILES string of the molecule is CC(=O)N[C@H]1CC[C@H]2[C@@H]3CC[C@H]4C[C@@H](OC(=O)c5ccc(N(CCCl)CCCl)cc5)CC[C@]4(C)[C@H]3CC[C@]12C. The first-order valence-corrected chi connectivity index (χ1v) is 16.2. The maximum absolute atomic E-state index is 13.1. The first-order valence-electron chi connectivity index (χ1n) is 15.1. The van der Waals surface area contributed by atoms with Crippen LogP contribution in [0.1, 0.15) is 88.9 Å². The number of hydrogen-bond donors (Lipinski definition) is 1. The molecule has 0 spiro atoms. The summed E-state index contributed by atoms with van der Waals surface area (Å²) in [6.07, 6.45) is 10.4. The number of esters is 1. The highest BCUT2D eigenvalue weighted by Gasteiger charge is 2.60. The lowest BCUT2D eigenvalue weighted by Gasteiger charge is -2.61. The van der Waals surface area contributed by atoms with E-state index in [1.54, 1.807) is 6.92 Å². The number of nitrogens with one attached hydrogen (secondary N) is 1. The highest BCUT2D eigenvalue weighted by molar-refractivity contribution is 6.18. The van der Waals surface area contributed by atoms with Crippen molar-refractivity contribution in [2.75, 3.05) is 29.7 Å². The first-order chi connectivity index (χ1) is 18.7. The molecule has 1 aromatic rings. The van der Waals surface area contributed by atoms with Crippen LogP contribution in [-0.2, 0) is 9.53 Å². The number of anilines is 1. The van der Waals surface area contributed by atoms with Gasteiger partial charge in [-0.25, -0.2) is 4.79 Å². The van der Waals surface area contributed by atoms with E-state index in [4.69, 9.17) is 27.9 Å². The molecule has 0 aliphatic heterocycles. The molecule has 4 saturated carbocycles. The van der Waals surface area contributed by atoms with Crippen molar-refractivity contribution in [3.8, 4) is 0 Å². The standard InChI is InChI=1S/C32H46Cl2N2O3/c1-21(37)35-29-11-10-27-26-9-6-23-20-25(12-14-31(23,2)28(26)13-15-32(27,29)3)39-30(38)22-4-7-24(8-5-22)36(18-16-33)19-17-34/h4-5,7-8,23,25-29H,6,9-20H2,1-3H3,(H,35,37)/t23-,25-,26-,27-,28-,29-,31-,32-/m0/s1. The number of amides is 1. The molecule has 0 aromatic heterocycles. The summed E-state index contributed by atoms with van der Waals surface area (Å²) in [6, 6.07) is 7.98. The van der Waals surface area contributed by atoms with Gasteiger partial charge in [-0.2, -0.15) is 0 Å². The van der Waals surface area contributed by atoms with Crippen molar-refractivity contribution in [3.05, 3.63) is 29.8 Å². The number of benzene rings is 1. The van der Waals surface area contributed by atoms with Gasteiger partial charge in [-0.15, -0.1) is 23.2 Å². The van der Waals surface area contributed by atoms with E-state index in [1.807, 2.05) is 24.3 Å². The van der Waals surface area contributed by atoms with Gasteiger partial charge in [0.2, 0.25) is 5.91 Å². The second-order valence-corrected chi connectivity index (χ2v) is 14.0. The van der Waals surface area contributed by atoms with E-state index in [1.165, 1.54) is 32.1 Å². The van der Waals surface area contributed by atoms with Crippen LogP contribution in [0, 0.1) is 34.5 Å². The molecular weight excluding hydrogens is 531 g/mol. The van der Waals surface area contributed by atoms with Crippen molar-refractivity contribution in [3.63, 3.8) is 0 Å². The minimum absolute atomic E-state index is 0.000260. The molecule has 7 heteroatoms. The van der Waals surface area contributed by atoms with Crippen LogP contribution < -0.4 is 10.2 Å². The number of fused-ring (bicyclic) bond motifs is 5. The van der Waals surface area contributed by atoms with E-state index < -0.39 is 0 Å². The fourth-order valence-corrected chi connectivity index (χ4v) is 9.82. The summed E-state index contributed by atoms with van der Waals surface area (Å²) >= 11 is 11.9. The van der Waals surface area contributed by atoms with E-state index in [-0.39, 0.29) is 23.4 Å². The molecule has 1 aromatic carbocycles. The molecule has 216 valence electrons. The van der Waals surface area contributed by atoms with Crippen molar-refractivity contribution >= 4 is 40.8 Å². The number of rotatable bonds is 8. The maximum Gasteiger partial charge on any atom is 0.338 e. The Morgan fingerprint density at radius 1 is 0.923 bits per heavy atom. The van der Waals surface area contributed by atoms with Crippen LogP contribution in [0.5, 0.6) is 0 Å². The summed E-state index contributed by atoms with van der Waals surface area (Å²) in [5.41, 5.74) is 2.19. The summed E-state index contributed by atoms with van der Waals surface area (Å²) in [6.45, 7) is 8.10. The number of hydrogen-bond acceptors (Lipinski definition) is 4. The van der Waals surface area contributed by atoms with Crippen molar-refractivity contribution < 1.29 is 14.3 Å². The third-order valence-corrected chi connectivity index (χ3v) is 11.8. The molecule has 4 aliphatic rings. The molecule has 0 radical (unpaired) electrons. The Labute approximate surface area is 244 Å². The van der Waals surface area contributed by atoms with Gasteiger partial charge in [0.1, 0.15) is 6.10 Å². The van der Waals surface area contributed by atoms with E-state index in [9.17, 15) is 9.59 Å². The third-order valence-electron chi connectivity index (χ3n) is 11.4. The molecule has 1 N–H and O–H groups in total. The van der Waals surface area contributed by atoms with Crippen molar-refractivity contribution in [2.45, 2.75) is 90.7 Å². The Morgan fingerprint density at radius 3 is 2.26 bits per heavy atom. The van der Waals surface area contributed by atoms with Gasteiger partial charge in [0, 0.05) is 43.5 Å². The van der Waals surface area contributed by atoms with E-state index in [0.29, 0.717) is 40.6 Å². The Kier molecular flexibility index (Phi) is 8.79. The maximum atomic E-state index is 13.1. The molecule has 4 fully saturated rings. The van der Waals surface area contributed by atoms with E-state index in [2.05, 4.69) is 24.1 Å². The van der Waals surface area contributed by atoms with Crippen LogP contribution in [-0.4, -0.2) is 48.9 Å². The number of halogens is 2. The summed E-state index contributed by atoms with van der Waals surface area (Å²) in [4.78, 5) is 27.1. The molecule has 5 rings (SSSR count). The molecule has 8 atom stereocenters. The topological polar surface area (TPSA) is 58.6 Å². The number of alkyl halides is 2. The lowest BCUT2D eigenvalue weighted by molar-refractivity contribution is -0.129. The van der Waals surface area contributed by atoms with Gasteiger partial charge in [-0.3, -0.25) is 4.79 Å². The fraction of sp³-hybridized carbons (Fsp3) is 0.750. The van der Waals surface area contributed by atoms with Gasteiger partial charge in [0.05, 0.1) is 5.56 Å². The lowest BCUT2D eigenvalue weighted by Crippen LogP contribution is -2.56. The zero-order valence-electron chi connectivity index (χ0n) is 23.9. The number of carbonyl (C=O) groups is 2. The highest BCUT2D eigenvalue weighted by atomic mass is 35.5. The number of nitrogens with zero attached hydrogens (tertiary/aromatic N) is 1. The van der Waals surface area contributed by atoms with Gasteiger partial charge >= 0.3 is 5.97 Å². The monoisotopic (exact) mass is 576 g/mol. The van der Waals surface area contributed by atoms with Crippen LogP contribution >= 0.6 is 23.2 Å². The smallest absolute Gasteiger partial charge is 0.338 e. The molecule has 1 amide bonds. The Hall–Kier alpha value is -1.46. The minimum Gasteiger partial charge on any atom is -0.459 e. The van der Waals surface area contributed by atoms with Gasteiger partial charge in [-0.1, -0.05) is 13.8 Å². The van der Waals surface area contributed by atoms with Crippen molar-refractivity contribution in [2.24, 2.45) is 34.5 Å². The quantitative estimate of drug-likeness (QED) is 0.266. The second kappa shape index (κ2) is 11.8. The summed E-state index contributed by atoms with van der Waals surface area (Å²) < 4.78 is 6.10. The molecule has 0 saturated heterocycles. The number of ether oxygens (including phenoxy) is 1. The van der Waals surface area contributed by atoms with E-state index in [0.717, 1.165) is 56.3 Å². The molecular formula is C32H46Cl2N2O3. The average molecular weight is 578 g/mol. The van der Waals surface area contributed by atoms with Crippen LogP contribution in [0.3, 0.4) is 0 Å². The molecule has 39 heavy (non-hydrogen) atoms. The zero-order valence-corrected chi connectivity index (χ0v) is 25.4. The Balaban J connectivity index is 1.20. The molecule has 0 bridgehead atoms.